The molecule has 46 heavy (non-hydrogen) atoms. The summed E-state index contributed by atoms with van der Waals surface area (Å²) in [6.45, 7) is 3.99. The summed E-state index contributed by atoms with van der Waals surface area (Å²) in [5.74, 6) is -0.883. The van der Waals surface area contributed by atoms with Crippen LogP contribution < -0.4 is 9.47 Å². The van der Waals surface area contributed by atoms with Crippen molar-refractivity contribution < 1.29 is 55.0 Å². The lowest BCUT2D eigenvalue weighted by molar-refractivity contribution is -0.193. The van der Waals surface area contributed by atoms with Gasteiger partial charge in [-0.05, 0) is 48.2 Å². The third-order valence-electron chi connectivity index (χ3n) is 5.89. The van der Waals surface area contributed by atoms with Gasteiger partial charge in [-0.15, -0.1) is 0 Å². The molecule has 0 bridgehead atoms. The van der Waals surface area contributed by atoms with Gasteiger partial charge in [0.25, 0.3) is 0 Å². The summed E-state index contributed by atoms with van der Waals surface area (Å²) in [7, 11) is 4.30. The number of aromatic nitrogens is 4. The molecule has 4 aromatic rings. The van der Waals surface area contributed by atoms with E-state index in [1.54, 1.807) is 12.1 Å². The van der Waals surface area contributed by atoms with E-state index < -0.39 is 24.0 Å². The predicted molar refractivity (Wildman–Crippen MR) is 151 cm³/mol. The number of methoxy groups -OCH3 is 2. The Kier molecular flexibility index (Phi) is 16.5. The zero-order valence-electron chi connectivity index (χ0n) is 24.6. The normalized spacial score (nSPS) is 10.2. The smallest absolute Gasteiger partial charge is 0.449 e. The highest BCUT2D eigenvalue weighted by atomic mass is 19.4. The zero-order chi connectivity index (χ0) is 34.4. The molecule has 0 aliphatic rings. The Morgan fingerprint density at radius 2 is 1.26 bits per heavy atom. The molecule has 2 aromatic heterocycles. The fourth-order valence-electron chi connectivity index (χ4n) is 3.81. The molecule has 4 rings (SSSR count). The molecule has 16 heteroatoms. The molecule has 0 atom stereocenters. The number of rotatable bonds is 6. The van der Waals surface area contributed by atoms with Gasteiger partial charge in [0.05, 0.1) is 31.8 Å². The summed E-state index contributed by atoms with van der Waals surface area (Å²) in [4.78, 5) is 41.8. The minimum absolute atomic E-state index is 0. The van der Waals surface area contributed by atoms with E-state index in [4.69, 9.17) is 28.7 Å². The number of hydrogen-bond acceptors (Lipinski definition) is 8. The number of imidazole rings is 2. The van der Waals surface area contributed by atoms with E-state index >= 15 is 0 Å². The van der Waals surface area contributed by atoms with E-state index in [0.29, 0.717) is 22.6 Å². The molecule has 0 saturated carbocycles. The number of aryl methyl sites for hydroxylation is 3. The van der Waals surface area contributed by atoms with Crippen LogP contribution in [0.1, 0.15) is 44.0 Å². The largest absolute Gasteiger partial charge is 0.496 e. The summed E-state index contributed by atoms with van der Waals surface area (Å²) in [5.41, 5.74) is 3.75. The average Bonchev–Trinajstić information content (AvgIpc) is 3.65. The second kappa shape index (κ2) is 18.6. The Morgan fingerprint density at radius 3 is 1.63 bits per heavy atom. The highest BCUT2D eigenvalue weighted by Crippen LogP contribution is 2.35. The molecule has 2 aromatic carbocycles. The van der Waals surface area contributed by atoms with Crippen molar-refractivity contribution in [2.24, 2.45) is 7.05 Å². The van der Waals surface area contributed by atoms with Crippen molar-refractivity contribution >= 4 is 12.3 Å². The topological polar surface area (TPSA) is 133 Å². The highest BCUT2D eigenvalue weighted by molar-refractivity contribution is 5.68. The average molecular weight is 659 g/mol. The fraction of sp³-hybridized carbons (Fsp3) is 0.333. The van der Waals surface area contributed by atoms with Crippen LogP contribution in [0.3, 0.4) is 0 Å². The molecule has 0 radical (unpaired) electrons. The number of benzene rings is 2. The lowest BCUT2D eigenvalue weighted by Crippen LogP contribution is -2.12. The van der Waals surface area contributed by atoms with Crippen molar-refractivity contribution in [3.8, 4) is 34.0 Å². The van der Waals surface area contributed by atoms with Gasteiger partial charge in [-0.1, -0.05) is 33.4 Å². The van der Waals surface area contributed by atoms with E-state index in [2.05, 4.69) is 15.0 Å². The van der Waals surface area contributed by atoms with E-state index in [1.165, 1.54) is 27.5 Å². The molecule has 0 aliphatic heterocycles. The maximum Gasteiger partial charge on any atom is 0.449 e. The van der Waals surface area contributed by atoms with Gasteiger partial charge >= 0.3 is 24.7 Å². The molecular formula is C30H32F6N4O6. The maximum atomic E-state index is 12.8. The van der Waals surface area contributed by atoms with E-state index in [-0.39, 0.29) is 31.1 Å². The molecule has 2 heterocycles. The molecule has 10 nitrogen and oxygen atoms in total. The number of halogens is 6. The summed E-state index contributed by atoms with van der Waals surface area (Å²) >= 11 is 0. The van der Waals surface area contributed by atoms with Crippen LogP contribution in [0.15, 0.2) is 48.8 Å². The molecule has 250 valence electrons. The monoisotopic (exact) mass is 658 g/mol. The van der Waals surface area contributed by atoms with Crippen LogP contribution in [-0.4, -0.2) is 46.0 Å². The van der Waals surface area contributed by atoms with Gasteiger partial charge in [0.15, 0.2) is 0 Å². The van der Waals surface area contributed by atoms with Gasteiger partial charge < -0.3 is 19.0 Å². The molecule has 0 saturated heterocycles. The summed E-state index contributed by atoms with van der Waals surface area (Å²) < 4.78 is 87.2. The number of H-pyrrole nitrogens is 1. The number of alkyl halides is 6. The van der Waals surface area contributed by atoms with E-state index in [1.807, 2.05) is 38.1 Å². The minimum Gasteiger partial charge on any atom is -0.496 e. The fourth-order valence-corrected chi connectivity index (χ4v) is 3.81. The Hall–Kier alpha value is -5.20. The lowest BCUT2D eigenvalue weighted by Gasteiger charge is -2.08. The van der Waals surface area contributed by atoms with E-state index in [0.717, 1.165) is 34.7 Å². The Bertz CT molecular complexity index is 1590. The number of nitrogens with one attached hydrogen (secondary N) is 1. The molecule has 0 unspecified atom stereocenters. The van der Waals surface area contributed by atoms with Crippen molar-refractivity contribution in [3.63, 3.8) is 0 Å². The van der Waals surface area contributed by atoms with Crippen molar-refractivity contribution in [3.05, 3.63) is 71.6 Å². The number of aromatic amines is 1. The second-order valence-electron chi connectivity index (χ2n) is 8.64. The summed E-state index contributed by atoms with van der Waals surface area (Å²) in [6, 6.07) is 10.8. The first kappa shape index (κ1) is 40.8. The van der Waals surface area contributed by atoms with Crippen LogP contribution in [0.25, 0.3) is 22.5 Å². The molecule has 0 fully saturated rings. The highest BCUT2D eigenvalue weighted by Gasteiger charge is 2.36. The Labute approximate surface area is 260 Å². The van der Waals surface area contributed by atoms with Gasteiger partial charge in [-0.3, -0.25) is 0 Å². The first-order valence-electron chi connectivity index (χ1n) is 12.7. The van der Waals surface area contributed by atoms with Crippen molar-refractivity contribution in [2.45, 2.75) is 46.5 Å². The van der Waals surface area contributed by atoms with Gasteiger partial charge in [0.1, 0.15) is 11.5 Å². The Morgan fingerprint density at radius 1 is 0.804 bits per heavy atom. The lowest BCUT2D eigenvalue weighted by atomic mass is 10.1. The summed E-state index contributed by atoms with van der Waals surface area (Å²) in [6.07, 6.45) is -4.28. The number of carbonyl (C=O) groups excluding carboxylic acids is 4. The Balaban J connectivity index is 0.000000739. The first-order chi connectivity index (χ1) is 21.1. The van der Waals surface area contributed by atoms with Crippen molar-refractivity contribution in [1.29, 1.82) is 0 Å². The third-order valence-corrected chi connectivity index (χ3v) is 5.89. The van der Waals surface area contributed by atoms with Crippen LogP contribution in [0.2, 0.25) is 0 Å². The van der Waals surface area contributed by atoms with Crippen molar-refractivity contribution in [2.75, 3.05) is 14.2 Å². The third kappa shape index (κ3) is 11.4. The first-order valence-corrected chi connectivity index (χ1v) is 12.7. The standard InChI is InChI=1S/C14H15F3N2O.C13H13F3N2O.2CO2.CH4/c1-4-9-5-6-10(12(7-9)20-3)11-8-19(2)13(18-11)14(15,16)17;1-3-8-4-5-9(11(6-8)19-2)10-7-17-12(18-10)13(14,15)16;2*2-1-3;/h5-8H,4H2,1-3H3;4-7H,3H2,1-2H3,(H,17,18);;;1H4. The number of nitrogens with zero attached hydrogens (tertiary/aromatic N) is 3. The van der Waals surface area contributed by atoms with Crippen LogP contribution >= 0.6 is 0 Å². The molecule has 1 N–H and O–H groups in total. The second-order valence-corrected chi connectivity index (χ2v) is 8.64. The quantitative estimate of drug-likeness (QED) is 0.224. The SMILES string of the molecule is C.CCc1ccc(-c2cn(C)c(C(F)(F)F)n2)c(OC)c1.CCc1ccc(-c2cnc(C(F)(F)F)[nH]2)c(OC)c1.O=C=O.O=C=O. The van der Waals surface area contributed by atoms with Gasteiger partial charge in [0.2, 0.25) is 11.6 Å². The van der Waals surface area contributed by atoms with Crippen LogP contribution in [-0.2, 0) is 51.4 Å². The summed E-state index contributed by atoms with van der Waals surface area (Å²) in [5, 5.41) is 0. The maximum absolute atomic E-state index is 12.8. The van der Waals surface area contributed by atoms with Gasteiger partial charge in [0, 0.05) is 24.4 Å². The van der Waals surface area contributed by atoms with E-state index in [9.17, 15) is 26.3 Å². The van der Waals surface area contributed by atoms with Gasteiger partial charge in [-0.2, -0.15) is 45.5 Å². The van der Waals surface area contributed by atoms with Crippen LogP contribution in [0.4, 0.5) is 26.3 Å². The van der Waals surface area contributed by atoms with Crippen molar-refractivity contribution in [1.82, 2.24) is 19.5 Å². The van der Waals surface area contributed by atoms with Crippen LogP contribution in [0, 0.1) is 0 Å². The van der Waals surface area contributed by atoms with Crippen LogP contribution in [0.5, 0.6) is 11.5 Å². The number of ether oxygens (including phenoxy) is 2. The predicted octanol–water partition coefficient (Wildman–Crippen LogP) is 6.81. The molecule has 0 spiro atoms. The molecule has 0 aliphatic carbocycles. The zero-order valence-corrected chi connectivity index (χ0v) is 24.6. The minimum atomic E-state index is -4.48. The molecular weight excluding hydrogens is 626 g/mol. The molecule has 0 amide bonds. The number of hydrogen-bond donors (Lipinski definition) is 1. The van der Waals surface area contributed by atoms with Gasteiger partial charge in [-0.25, -0.2) is 9.97 Å².